The van der Waals surface area contributed by atoms with Crippen molar-refractivity contribution in [2.75, 3.05) is 26.2 Å². The van der Waals surface area contributed by atoms with Gasteiger partial charge in [0.25, 0.3) is 0 Å². The molecule has 1 saturated heterocycles. The van der Waals surface area contributed by atoms with Crippen LogP contribution >= 0.6 is 0 Å². The Morgan fingerprint density at radius 3 is 2.74 bits per heavy atom. The van der Waals surface area contributed by atoms with Crippen molar-refractivity contribution in [2.45, 2.75) is 6.10 Å². The third kappa shape index (κ3) is 4.18. The zero-order chi connectivity index (χ0) is 13.7. The molecular weight excluding hydrogens is 251 g/mol. The van der Waals surface area contributed by atoms with Crippen molar-refractivity contribution in [1.82, 2.24) is 10.6 Å². The van der Waals surface area contributed by atoms with Crippen molar-refractivity contribution in [3.63, 3.8) is 0 Å². The van der Waals surface area contributed by atoms with Crippen LogP contribution in [0.15, 0.2) is 24.3 Å². The molecule has 104 valence electrons. The number of nitrogens with one attached hydrogen (secondary N) is 2. The van der Waals surface area contributed by atoms with Crippen molar-refractivity contribution in [2.24, 2.45) is 5.92 Å². The van der Waals surface area contributed by atoms with Gasteiger partial charge < -0.3 is 20.5 Å². The molecule has 2 rings (SSSR count). The molecule has 0 saturated carbocycles. The van der Waals surface area contributed by atoms with Crippen LogP contribution in [-0.2, 0) is 4.79 Å². The molecule has 1 aromatic carbocycles. The number of carbonyl (C=O) groups is 1. The summed E-state index contributed by atoms with van der Waals surface area (Å²) in [5, 5.41) is 15.3. The predicted molar refractivity (Wildman–Crippen MR) is 67.3 cm³/mol. The Morgan fingerprint density at radius 1 is 1.47 bits per heavy atom. The number of rotatable bonds is 6. The fourth-order valence-corrected chi connectivity index (χ4v) is 1.62. The van der Waals surface area contributed by atoms with Crippen LogP contribution in [0, 0.1) is 11.7 Å². The number of carbonyl (C=O) groups excluding carboxylic acids is 1. The third-order valence-electron chi connectivity index (χ3n) is 2.92. The van der Waals surface area contributed by atoms with Crippen LogP contribution in [-0.4, -0.2) is 43.4 Å². The van der Waals surface area contributed by atoms with Gasteiger partial charge in [-0.25, -0.2) is 4.39 Å². The molecule has 0 aromatic heterocycles. The van der Waals surface area contributed by atoms with Gasteiger partial charge in [-0.15, -0.1) is 0 Å². The van der Waals surface area contributed by atoms with Crippen LogP contribution in [0.1, 0.15) is 0 Å². The Labute approximate surface area is 110 Å². The largest absolute Gasteiger partial charge is 0.491 e. The van der Waals surface area contributed by atoms with Gasteiger partial charge in [0.2, 0.25) is 5.91 Å². The van der Waals surface area contributed by atoms with Gasteiger partial charge >= 0.3 is 0 Å². The Balaban J connectivity index is 1.65. The second kappa shape index (κ2) is 6.49. The first kappa shape index (κ1) is 13.8. The SMILES string of the molecule is O=C(NCC(O)COc1ccc(F)cc1)C1CNC1. The summed E-state index contributed by atoms with van der Waals surface area (Å²) in [5.41, 5.74) is 0. The summed E-state index contributed by atoms with van der Waals surface area (Å²) in [5.74, 6) is 0.0917. The van der Waals surface area contributed by atoms with E-state index in [2.05, 4.69) is 10.6 Å². The van der Waals surface area contributed by atoms with Crippen LogP contribution in [0.4, 0.5) is 4.39 Å². The lowest BCUT2D eigenvalue weighted by molar-refractivity contribution is -0.126. The van der Waals surface area contributed by atoms with E-state index >= 15 is 0 Å². The number of hydrogen-bond donors (Lipinski definition) is 3. The van der Waals surface area contributed by atoms with Gasteiger partial charge in [-0.05, 0) is 24.3 Å². The lowest BCUT2D eigenvalue weighted by Crippen LogP contribution is -2.52. The molecule has 6 heteroatoms. The Bertz CT molecular complexity index is 420. The first-order valence-electron chi connectivity index (χ1n) is 6.20. The molecule has 0 radical (unpaired) electrons. The van der Waals surface area contributed by atoms with Gasteiger partial charge in [0.15, 0.2) is 0 Å². The molecule has 0 aliphatic carbocycles. The maximum Gasteiger partial charge on any atom is 0.225 e. The minimum Gasteiger partial charge on any atom is -0.491 e. The Morgan fingerprint density at radius 2 is 2.16 bits per heavy atom. The smallest absolute Gasteiger partial charge is 0.225 e. The molecule has 1 unspecified atom stereocenters. The van der Waals surface area contributed by atoms with E-state index in [4.69, 9.17) is 4.74 Å². The van der Waals surface area contributed by atoms with E-state index in [1.54, 1.807) is 0 Å². The Kier molecular flexibility index (Phi) is 4.70. The average molecular weight is 268 g/mol. The van der Waals surface area contributed by atoms with Crippen molar-refractivity contribution in [3.8, 4) is 5.75 Å². The lowest BCUT2D eigenvalue weighted by Gasteiger charge is -2.26. The number of hydrogen-bond acceptors (Lipinski definition) is 4. The van der Waals surface area contributed by atoms with Crippen LogP contribution in [0.5, 0.6) is 5.75 Å². The summed E-state index contributed by atoms with van der Waals surface area (Å²) in [7, 11) is 0. The Hall–Kier alpha value is -1.66. The topological polar surface area (TPSA) is 70.6 Å². The number of amides is 1. The fraction of sp³-hybridized carbons (Fsp3) is 0.462. The number of aliphatic hydroxyl groups is 1. The van der Waals surface area contributed by atoms with Crippen LogP contribution in [0.2, 0.25) is 0 Å². The molecule has 0 spiro atoms. The van der Waals surface area contributed by atoms with E-state index in [9.17, 15) is 14.3 Å². The first-order chi connectivity index (χ1) is 9.15. The molecule has 1 atom stereocenters. The zero-order valence-electron chi connectivity index (χ0n) is 10.4. The quantitative estimate of drug-likeness (QED) is 0.674. The monoisotopic (exact) mass is 268 g/mol. The molecule has 1 heterocycles. The van der Waals surface area contributed by atoms with Gasteiger partial charge in [0.05, 0.1) is 5.92 Å². The minimum atomic E-state index is -0.790. The third-order valence-corrected chi connectivity index (χ3v) is 2.92. The van der Waals surface area contributed by atoms with E-state index in [1.165, 1.54) is 24.3 Å². The molecular formula is C13H17FN2O3. The molecule has 1 fully saturated rings. The number of aliphatic hydroxyl groups excluding tert-OH is 1. The van der Waals surface area contributed by atoms with Crippen molar-refractivity contribution < 1.29 is 19.0 Å². The zero-order valence-corrected chi connectivity index (χ0v) is 10.4. The van der Waals surface area contributed by atoms with Crippen molar-refractivity contribution in [3.05, 3.63) is 30.1 Å². The standard InChI is InChI=1S/C13H17FN2O3/c14-10-1-3-12(4-2-10)19-8-11(17)7-16-13(18)9-5-15-6-9/h1-4,9,11,15,17H,5-8H2,(H,16,18). The highest BCUT2D eigenvalue weighted by atomic mass is 19.1. The summed E-state index contributed by atoms with van der Waals surface area (Å²) >= 11 is 0. The number of ether oxygens (including phenoxy) is 1. The van der Waals surface area contributed by atoms with Gasteiger partial charge in [0.1, 0.15) is 24.3 Å². The minimum absolute atomic E-state index is 0.00483. The van der Waals surface area contributed by atoms with Crippen LogP contribution in [0.3, 0.4) is 0 Å². The summed E-state index contributed by atoms with van der Waals surface area (Å²) < 4.78 is 17.9. The van der Waals surface area contributed by atoms with E-state index in [1.807, 2.05) is 0 Å². The van der Waals surface area contributed by atoms with E-state index < -0.39 is 6.10 Å². The fourth-order valence-electron chi connectivity index (χ4n) is 1.62. The van der Waals surface area contributed by atoms with Gasteiger partial charge in [-0.3, -0.25) is 4.79 Å². The van der Waals surface area contributed by atoms with E-state index in [0.717, 1.165) is 0 Å². The molecule has 1 aliphatic rings. The highest BCUT2D eigenvalue weighted by Gasteiger charge is 2.24. The normalized spacial score (nSPS) is 16.5. The maximum absolute atomic E-state index is 12.7. The van der Waals surface area contributed by atoms with E-state index in [-0.39, 0.29) is 30.8 Å². The molecule has 19 heavy (non-hydrogen) atoms. The lowest BCUT2D eigenvalue weighted by atomic mass is 10.0. The second-order valence-corrected chi connectivity index (χ2v) is 4.52. The summed E-state index contributed by atoms with van der Waals surface area (Å²) in [6.45, 7) is 1.58. The summed E-state index contributed by atoms with van der Waals surface area (Å²) in [4.78, 5) is 11.5. The summed E-state index contributed by atoms with van der Waals surface area (Å²) in [6, 6.07) is 5.54. The number of benzene rings is 1. The summed E-state index contributed by atoms with van der Waals surface area (Å²) in [6.07, 6.45) is -0.790. The van der Waals surface area contributed by atoms with Crippen molar-refractivity contribution in [1.29, 1.82) is 0 Å². The molecule has 1 aromatic rings. The molecule has 1 amide bonds. The highest BCUT2D eigenvalue weighted by Crippen LogP contribution is 2.11. The van der Waals surface area contributed by atoms with Gasteiger partial charge in [-0.2, -0.15) is 0 Å². The molecule has 5 nitrogen and oxygen atoms in total. The van der Waals surface area contributed by atoms with Crippen LogP contribution < -0.4 is 15.4 Å². The molecule has 1 aliphatic heterocycles. The van der Waals surface area contributed by atoms with Gasteiger partial charge in [0, 0.05) is 19.6 Å². The molecule has 3 N–H and O–H groups in total. The average Bonchev–Trinajstić information content (AvgIpc) is 2.33. The van der Waals surface area contributed by atoms with E-state index in [0.29, 0.717) is 18.8 Å². The second-order valence-electron chi connectivity index (χ2n) is 4.52. The predicted octanol–water partition coefficient (Wildman–Crippen LogP) is -0.0990. The first-order valence-corrected chi connectivity index (χ1v) is 6.20. The number of halogens is 1. The maximum atomic E-state index is 12.7. The van der Waals surface area contributed by atoms with Gasteiger partial charge in [-0.1, -0.05) is 0 Å². The highest BCUT2D eigenvalue weighted by molar-refractivity contribution is 5.80. The van der Waals surface area contributed by atoms with Crippen molar-refractivity contribution >= 4 is 5.91 Å². The van der Waals surface area contributed by atoms with Crippen LogP contribution in [0.25, 0.3) is 0 Å². The molecule has 0 bridgehead atoms.